The van der Waals surface area contributed by atoms with E-state index in [4.69, 9.17) is 9.47 Å². The van der Waals surface area contributed by atoms with Crippen molar-refractivity contribution in [3.63, 3.8) is 0 Å². The molecular formula is C18H20O4S. The van der Waals surface area contributed by atoms with Crippen LogP contribution >= 0.6 is 11.3 Å². The van der Waals surface area contributed by atoms with Gasteiger partial charge in [-0.2, -0.15) is 0 Å². The van der Waals surface area contributed by atoms with Gasteiger partial charge < -0.3 is 9.47 Å². The molecule has 0 saturated carbocycles. The summed E-state index contributed by atoms with van der Waals surface area (Å²) < 4.78 is 10.5. The van der Waals surface area contributed by atoms with E-state index in [9.17, 15) is 9.59 Å². The SMILES string of the molecule is CCOC(=O)c1ccc(OCCCC(=O)c2ccc(C)s2)cc1. The van der Waals surface area contributed by atoms with E-state index in [0.717, 1.165) is 9.75 Å². The van der Waals surface area contributed by atoms with Crippen LogP contribution < -0.4 is 4.74 Å². The molecule has 1 aromatic carbocycles. The fourth-order valence-electron chi connectivity index (χ4n) is 2.03. The van der Waals surface area contributed by atoms with Gasteiger partial charge in [-0.05, 0) is 56.7 Å². The number of ketones is 1. The second-order valence-corrected chi connectivity index (χ2v) is 6.32. The van der Waals surface area contributed by atoms with Gasteiger partial charge in [0.05, 0.1) is 23.7 Å². The van der Waals surface area contributed by atoms with Crippen LogP contribution in [0, 0.1) is 6.92 Å². The Morgan fingerprint density at radius 3 is 2.43 bits per heavy atom. The minimum Gasteiger partial charge on any atom is -0.494 e. The molecule has 0 unspecified atom stereocenters. The predicted molar refractivity (Wildman–Crippen MR) is 90.5 cm³/mol. The van der Waals surface area contributed by atoms with Crippen molar-refractivity contribution < 1.29 is 19.1 Å². The zero-order valence-corrected chi connectivity index (χ0v) is 14.2. The fraction of sp³-hybridized carbons (Fsp3) is 0.333. The fourth-order valence-corrected chi connectivity index (χ4v) is 2.87. The van der Waals surface area contributed by atoms with Crippen molar-refractivity contribution in [2.24, 2.45) is 0 Å². The summed E-state index contributed by atoms with van der Waals surface area (Å²) in [5.74, 6) is 0.498. The van der Waals surface area contributed by atoms with Gasteiger partial charge in [0.25, 0.3) is 0 Å². The maximum absolute atomic E-state index is 12.0. The molecule has 0 aliphatic rings. The number of hydrogen-bond acceptors (Lipinski definition) is 5. The molecule has 0 aliphatic heterocycles. The molecule has 122 valence electrons. The van der Waals surface area contributed by atoms with Crippen LogP contribution in [0.25, 0.3) is 0 Å². The number of esters is 1. The number of hydrogen-bond donors (Lipinski definition) is 0. The average molecular weight is 332 g/mol. The van der Waals surface area contributed by atoms with Gasteiger partial charge in [-0.25, -0.2) is 4.79 Å². The van der Waals surface area contributed by atoms with E-state index in [-0.39, 0.29) is 11.8 Å². The number of rotatable bonds is 8. The normalized spacial score (nSPS) is 10.3. The lowest BCUT2D eigenvalue weighted by Crippen LogP contribution is -2.05. The van der Waals surface area contributed by atoms with Crippen molar-refractivity contribution in [1.29, 1.82) is 0 Å². The van der Waals surface area contributed by atoms with Crippen molar-refractivity contribution in [2.45, 2.75) is 26.7 Å². The van der Waals surface area contributed by atoms with Gasteiger partial charge in [0.15, 0.2) is 5.78 Å². The highest BCUT2D eigenvalue weighted by molar-refractivity contribution is 7.14. The Balaban J connectivity index is 1.74. The first kappa shape index (κ1) is 17.2. The van der Waals surface area contributed by atoms with Crippen LogP contribution in [0.1, 0.15) is 44.7 Å². The van der Waals surface area contributed by atoms with Crippen LogP contribution in [0.4, 0.5) is 0 Å². The van der Waals surface area contributed by atoms with Crippen LogP contribution in [0.5, 0.6) is 5.75 Å². The smallest absolute Gasteiger partial charge is 0.338 e. The molecule has 1 heterocycles. The Morgan fingerprint density at radius 2 is 1.83 bits per heavy atom. The highest BCUT2D eigenvalue weighted by atomic mass is 32.1. The lowest BCUT2D eigenvalue weighted by atomic mass is 10.2. The molecule has 0 aliphatic carbocycles. The summed E-state index contributed by atoms with van der Waals surface area (Å²) in [6.45, 7) is 4.59. The van der Waals surface area contributed by atoms with Crippen LogP contribution in [0.3, 0.4) is 0 Å². The number of thiophene rings is 1. The molecule has 0 radical (unpaired) electrons. The van der Waals surface area contributed by atoms with Gasteiger partial charge in [0.1, 0.15) is 5.75 Å². The maximum atomic E-state index is 12.0. The third-order valence-corrected chi connectivity index (χ3v) is 4.24. The van der Waals surface area contributed by atoms with Crippen molar-refractivity contribution in [3.8, 4) is 5.75 Å². The third kappa shape index (κ3) is 5.21. The van der Waals surface area contributed by atoms with Crippen LogP contribution in [-0.2, 0) is 4.74 Å². The maximum Gasteiger partial charge on any atom is 0.338 e. The van der Waals surface area contributed by atoms with Gasteiger partial charge in [-0.3, -0.25) is 4.79 Å². The molecule has 2 rings (SSSR count). The number of ether oxygens (including phenoxy) is 2. The molecule has 0 atom stereocenters. The summed E-state index contributed by atoms with van der Waals surface area (Å²) in [6, 6.07) is 10.6. The Bertz CT molecular complexity index is 658. The molecule has 0 fully saturated rings. The number of Topliss-reactive ketones (excluding diaryl/α,β-unsaturated/α-hetero) is 1. The Kier molecular flexibility index (Phi) is 6.35. The summed E-state index contributed by atoms with van der Waals surface area (Å²) in [5, 5.41) is 0. The van der Waals surface area contributed by atoms with Gasteiger partial charge in [-0.15, -0.1) is 11.3 Å². The van der Waals surface area contributed by atoms with Crippen LogP contribution in [0.2, 0.25) is 0 Å². The van der Waals surface area contributed by atoms with Crippen molar-refractivity contribution in [3.05, 3.63) is 51.7 Å². The van der Waals surface area contributed by atoms with Gasteiger partial charge in [0.2, 0.25) is 0 Å². The van der Waals surface area contributed by atoms with Crippen LogP contribution in [0.15, 0.2) is 36.4 Å². The van der Waals surface area contributed by atoms with Crippen molar-refractivity contribution in [1.82, 2.24) is 0 Å². The molecule has 0 N–H and O–H groups in total. The van der Waals surface area contributed by atoms with E-state index in [0.29, 0.717) is 37.4 Å². The van der Waals surface area contributed by atoms with E-state index in [1.807, 2.05) is 19.1 Å². The molecule has 1 aromatic heterocycles. The zero-order chi connectivity index (χ0) is 16.7. The van der Waals surface area contributed by atoms with E-state index < -0.39 is 0 Å². The first-order chi connectivity index (χ1) is 11.1. The standard InChI is InChI=1S/C18H20O4S/c1-3-21-18(20)14-7-9-15(10-8-14)22-12-4-5-16(19)17-11-6-13(2)23-17/h6-11H,3-5,12H2,1-2H3. The van der Waals surface area contributed by atoms with Gasteiger partial charge in [0, 0.05) is 11.3 Å². The number of aryl methyl sites for hydroxylation is 1. The Hall–Kier alpha value is -2.14. The van der Waals surface area contributed by atoms with Crippen LogP contribution in [-0.4, -0.2) is 25.0 Å². The number of carbonyl (C=O) groups excluding carboxylic acids is 2. The van der Waals surface area contributed by atoms with Crippen molar-refractivity contribution in [2.75, 3.05) is 13.2 Å². The second kappa shape index (κ2) is 8.48. The minimum absolute atomic E-state index is 0.157. The second-order valence-electron chi connectivity index (χ2n) is 5.03. The van der Waals surface area contributed by atoms with E-state index in [1.165, 1.54) is 11.3 Å². The largest absolute Gasteiger partial charge is 0.494 e. The molecule has 0 spiro atoms. The van der Waals surface area contributed by atoms with E-state index in [2.05, 4.69) is 0 Å². The lowest BCUT2D eigenvalue weighted by molar-refractivity contribution is 0.0526. The zero-order valence-electron chi connectivity index (χ0n) is 13.3. The first-order valence-electron chi connectivity index (χ1n) is 7.59. The Morgan fingerprint density at radius 1 is 1.09 bits per heavy atom. The molecule has 23 heavy (non-hydrogen) atoms. The molecule has 0 saturated heterocycles. The molecule has 5 heteroatoms. The summed E-state index contributed by atoms with van der Waals surface area (Å²) in [7, 11) is 0. The lowest BCUT2D eigenvalue weighted by Gasteiger charge is -2.06. The molecule has 0 amide bonds. The third-order valence-electron chi connectivity index (χ3n) is 3.20. The topological polar surface area (TPSA) is 52.6 Å². The summed E-state index contributed by atoms with van der Waals surface area (Å²) in [4.78, 5) is 25.4. The number of benzene rings is 1. The van der Waals surface area contributed by atoms with E-state index >= 15 is 0 Å². The van der Waals surface area contributed by atoms with E-state index in [1.54, 1.807) is 31.2 Å². The predicted octanol–water partition coefficient (Wildman–Crippen LogP) is 4.28. The van der Waals surface area contributed by atoms with Gasteiger partial charge >= 0.3 is 5.97 Å². The van der Waals surface area contributed by atoms with Gasteiger partial charge in [-0.1, -0.05) is 0 Å². The highest BCUT2D eigenvalue weighted by Gasteiger charge is 2.08. The molecular weight excluding hydrogens is 312 g/mol. The van der Waals surface area contributed by atoms with Crippen molar-refractivity contribution >= 4 is 23.1 Å². The summed E-state index contributed by atoms with van der Waals surface area (Å²) in [6.07, 6.45) is 1.14. The molecule has 2 aromatic rings. The quantitative estimate of drug-likeness (QED) is 0.411. The molecule has 0 bridgehead atoms. The summed E-state index contributed by atoms with van der Waals surface area (Å²) >= 11 is 1.52. The number of carbonyl (C=O) groups is 2. The minimum atomic E-state index is -0.337. The molecule has 4 nitrogen and oxygen atoms in total. The average Bonchev–Trinajstić information content (AvgIpc) is 2.99. The summed E-state index contributed by atoms with van der Waals surface area (Å²) in [5.41, 5.74) is 0.502. The Labute approximate surface area is 140 Å². The monoisotopic (exact) mass is 332 g/mol. The highest BCUT2D eigenvalue weighted by Crippen LogP contribution is 2.18. The first-order valence-corrected chi connectivity index (χ1v) is 8.41.